The Bertz CT molecular complexity index is 486. The van der Waals surface area contributed by atoms with E-state index in [4.69, 9.17) is 15.2 Å². The highest BCUT2D eigenvalue weighted by Gasteiger charge is 2.24. The SMILES string of the molecule is CCOC(=O)c1cc(CC)nc(N)c1C(=O)OCC. The van der Waals surface area contributed by atoms with Gasteiger partial charge in [0.1, 0.15) is 11.4 Å². The van der Waals surface area contributed by atoms with Crippen LogP contribution in [0.25, 0.3) is 0 Å². The average Bonchev–Trinajstić information content (AvgIpc) is 2.38. The molecule has 2 N–H and O–H groups in total. The minimum absolute atomic E-state index is 0.0131. The number of carbonyl (C=O) groups is 2. The van der Waals surface area contributed by atoms with Crippen molar-refractivity contribution in [2.45, 2.75) is 27.2 Å². The average molecular weight is 266 g/mol. The molecule has 0 amide bonds. The molecule has 0 saturated carbocycles. The van der Waals surface area contributed by atoms with Crippen LogP contribution < -0.4 is 5.73 Å². The molecule has 104 valence electrons. The van der Waals surface area contributed by atoms with Gasteiger partial charge in [0.25, 0.3) is 0 Å². The molecule has 0 unspecified atom stereocenters. The first-order valence-corrected chi connectivity index (χ1v) is 6.18. The zero-order valence-corrected chi connectivity index (χ0v) is 11.4. The number of aromatic nitrogens is 1. The van der Waals surface area contributed by atoms with Gasteiger partial charge >= 0.3 is 11.9 Å². The first-order valence-electron chi connectivity index (χ1n) is 6.18. The van der Waals surface area contributed by atoms with Crippen LogP contribution in [0.2, 0.25) is 0 Å². The number of nitrogens with zero attached hydrogens (tertiary/aromatic N) is 1. The summed E-state index contributed by atoms with van der Waals surface area (Å²) >= 11 is 0. The third-order valence-electron chi connectivity index (χ3n) is 2.44. The van der Waals surface area contributed by atoms with Gasteiger partial charge in [-0.1, -0.05) is 6.92 Å². The van der Waals surface area contributed by atoms with E-state index < -0.39 is 11.9 Å². The zero-order valence-electron chi connectivity index (χ0n) is 11.4. The van der Waals surface area contributed by atoms with Crippen molar-refractivity contribution in [3.05, 3.63) is 22.9 Å². The third kappa shape index (κ3) is 3.43. The van der Waals surface area contributed by atoms with Crippen molar-refractivity contribution in [2.75, 3.05) is 18.9 Å². The predicted molar refractivity (Wildman–Crippen MR) is 69.9 cm³/mol. The van der Waals surface area contributed by atoms with Gasteiger partial charge in [-0.3, -0.25) is 0 Å². The fourth-order valence-corrected chi connectivity index (χ4v) is 1.59. The third-order valence-corrected chi connectivity index (χ3v) is 2.44. The largest absolute Gasteiger partial charge is 0.462 e. The highest BCUT2D eigenvalue weighted by molar-refractivity contribution is 6.06. The summed E-state index contributed by atoms with van der Waals surface area (Å²) in [6, 6.07) is 1.51. The van der Waals surface area contributed by atoms with Gasteiger partial charge in [0.15, 0.2) is 0 Å². The second-order valence-corrected chi connectivity index (χ2v) is 3.72. The van der Waals surface area contributed by atoms with E-state index in [-0.39, 0.29) is 30.2 Å². The molecule has 1 aromatic heterocycles. The lowest BCUT2D eigenvalue weighted by Gasteiger charge is -2.11. The molecule has 0 aliphatic heterocycles. The van der Waals surface area contributed by atoms with Crippen molar-refractivity contribution in [3.63, 3.8) is 0 Å². The summed E-state index contributed by atoms with van der Waals surface area (Å²) in [5.74, 6) is -1.28. The first kappa shape index (κ1) is 14.9. The molecule has 0 saturated heterocycles. The Balaban J connectivity index is 3.33. The molecule has 0 spiro atoms. The number of hydrogen-bond acceptors (Lipinski definition) is 6. The Labute approximate surface area is 111 Å². The minimum atomic E-state index is -0.668. The van der Waals surface area contributed by atoms with Gasteiger partial charge in [-0.25, -0.2) is 14.6 Å². The van der Waals surface area contributed by atoms with Crippen LogP contribution in [-0.2, 0) is 15.9 Å². The van der Waals surface area contributed by atoms with Crippen molar-refractivity contribution >= 4 is 17.8 Å². The fraction of sp³-hybridized carbons (Fsp3) is 0.462. The molecule has 0 aliphatic carbocycles. The number of nitrogen functional groups attached to an aromatic ring is 1. The Morgan fingerprint density at radius 2 is 1.74 bits per heavy atom. The van der Waals surface area contributed by atoms with Gasteiger partial charge in [0, 0.05) is 5.69 Å². The molecule has 0 aliphatic rings. The van der Waals surface area contributed by atoms with E-state index in [1.165, 1.54) is 6.07 Å². The summed E-state index contributed by atoms with van der Waals surface area (Å²) in [7, 11) is 0. The van der Waals surface area contributed by atoms with E-state index >= 15 is 0 Å². The lowest BCUT2D eigenvalue weighted by atomic mass is 10.1. The normalized spacial score (nSPS) is 10.1. The van der Waals surface area contributed by atoms with Crippen molar-refractivity contribution in [2.24, 2.45) is 0 Å². The first-order chi connectivity index (χ1) is 9.04. The van der Waals surface area contributed by atoms with Gasteiger partial charge in [-0.05, 0) is 26.3 Å². The highest BCUT2D eigenvalue weighted by Crippen LogP contribution is 2.19. The van der Waals surface area contributed by atoms with Crippen LogP contribution in [0.4, 0.5) is 5.82 Å². The van der Waals surface area contributed by atoms with Crippen molar-refractivity contribution in [1.29, 1.82) is 0 Å². The molecule has 0 fully saturated rings. The molecule has 1 aromatic rings. The van der Waals surface area contributed by atoms with E-state index in [1.54, 1.807) is 13.8 Å². The maximum Gasteiger partial charge on any atom is 0.342 e. The molecule has 6 heteroatoms. The van der Waals surface area contributed by atoms with Crippen LogP contribution in [-0.4, -0.2) is 30.1 Å². The molecule has 19 heavy (non-hydrogen) atoms. The molecule has 0 radical (unpaired) electrons. The van der Waals surface area contributed by atoms with Gasteiger partial charge < -0.3 is 15.2 Å². The van der Waals surface area contributed by atoms with Gasteiger partial charge in [-0.15, -0.1) is 0 Å². The molecule has 1 rings (SSSR count). The topological polar surface area (TPSA) is 91.5 Å². The van der Waals surface area contributed by atoms with E-state index in [1.807, 2.05) is 6.92 Å². The molecule has 0 bridgehead atoms. The molecule has 6 nitrogen and oxygen atoms in total. The number of esters is 2. The number of ether oxygens (including phenoxy) is 2. The number of pyridine rings is 1. The number of carbonyl (C=O) groups excluding carboxylic acids is 2. The van der Waals surface area contributed by atoms with Crippen LogP contribution in [0.5, 0.6) is 0 Å². The van der Waals surface area contributed by atoms with Crippen molar-refractivity contribution in [3.8, 4) is 0 Å². The van der Waals surface area contributed by atoms with Crippen LogP contribution in [0.1, 0.15) is 47.2 Å². The molecule has 0 aromatic carbocycles. The fourth-order valence-electron chi connectivity index (χ4n) is 1.59. The Hall–Kier alpha value is -2.11. The van der Waals surface area contributed by atoms with Crippen LogP contribution in [0.15, 0.2) is 6.07 Å². The Morgan fingerprint density at radius 3 is 2.26 bits per heavy atom. The molecule has 1 heterocycles. The molecular formula is C13H18N2O4. The van der Waals surface area contributed by atoms with E-state index in [2.05, 4.69) is 4.98 Å². The van der Waals surface area contributed by atoms with Gasteiger partial charge in [-0.2, -0.15) is 0 Å². The quantitative estimate of drug-likeness (QED) is 0.813. The number of aryl methyl sites for hydroxylation is 1. The number of anilines is 1. The van der Waals surface area contributed by atoms with E-state index in [0.717, 1.165) is 0 Å². The minimum Gasteiger partial charge on any atom is -0.462 e. The van der Waals surface area contributed by atoms with Gasteiger partial charge in [0.2, 0.25) is 0 Å². The van der Waals surface area contributed by atoms with E-state index in [9.17, 15) is 9.59 Å². The standard InChI is InChI=1S/C13H18N2O4/c1-4-8-7-9(12(16)18-5-2)10(11(14)15-8)13(17)19-6-3/h7H,4-6H2,1-3H3,(H2,14,15). The summed E-state index contributed by atoms with van der Waals surface area (Å²) in [5, 5.41) is 0. The Morgan fingerprint density at radius 1 is 1.16 bits per heavy atom. The summed E-state index contributed by atoms with van der Waals surface area (Å²) in [5.41, 5.74) is 6.43. The zero-order chi connectivity index (χ0) is 14.4. The van der Waals surface area contributed by atoms with Crippen molar-refractivity contribution < 1.29 is 19.1 Å². The maximum atomic E-state index is 11.9. The summed E-state index contributed by atoms with van der Waals surface area (Å²) < 4.78 is 9.81. The van der Waals surface area contributed by atoms with Crippen LogP contribution in [0.3, 0.4) is 0 Å². The van der Waals surface area contributed by atoms with Crippen molar-refractivity contribution in [1.82, 2.24) is 4.98 Å². The van der Waals surface area contributed by atoms with Crippen LogP contribution in [0, 0.1) is 0 Å². The number of rotatable bonds is 5. The molecular weight excluding hydrogens is 248 g/mol. The van der Waals surface area contributed by atoms with Crippen LogP contribution >= 0.6 is 0 Å². The lowest BCUT2D eigenvalue weighted by molar-refractivity contribution is 0.0479. The Kier molecular flexibility index (Phi) is 5.29. The van der Waals surface area contributed by atoms with Gasteiger partial charge in [0.05, 0.1) is 18.8 Å². The lowest BCUT2D eigenvalue weighted by Crippen LogP contribution is -2.18. The smallest absolute Gasteiger partial charge is 0.342 e. The summed E-state index contributed by atoms with van der Waals surface area (Å²) in [4.78, 5) is 27.8. The van der Waals surface area contributed by atoms with E-state index in [0.29, 0.717) is 12.1 Å². The number of nitrogens with two attached hydrogens (primary N) is 1. The number of hydrogen-bond donors (Lipinski definition) is 1. The second-order valence-electron chi connectivity index (χ2n) is 3.72. The summed E-state index contributed by atoms with van der Waals surface area (Å²) in [6.45, 7) is 5.64. The second kappa shape index (κ2) is 6.72. The monoisotopic (exact) mass is 266 g/mol. The predicted octanol–water partition coefficient (Wildman–Crippen LogP) is 1.58. The highest BCUT2D eigenvalue weighted by atomic mass is 16.5. The molecule has 0 atom stereocenters. The summed E-state index contributed by atoms with van der Waals surface area (Å²) in [6.07, 6.45) is 0.597. The maximum absolute atomic E-state index is 11.9.